The van der Waals surface area contributed by atoms with Gasteiger partial charge in [0.05, 0.1) is 38.3 Å². The van der Waals surface area contributed by atoms with Crippen molar-refractivity contribution in [3.8, 4) is 11.5 Å². The fraction of sp³-hybridized carbons (Fsp3) is 0.455. The molecule has 1 saturated heterocycles. The van der Waals surface area contributed by atoms with Gasteiger partial charge in [0.1, 0.15) is 35.9 Å². The Labute approximate surface area is 190 Å². The lowest BCUT2D eigenvalue weighted by Crippen LogP contribution is -2.40. The van der Waals surface area contributed by atoms with Crippen molar-refractivity contribution in [2.24, 2.45) is 0 Å². The molecule has 11 heteroatoms. The lowest BCUT2D eigenvalue weighted by Gasteiger charge is -2.22. The van der Waals surface area contributed by atoms with Gasteiger partial charge in [-0.05, 0) is 25.1 Å². The van der Waals surface area contributed by atoms with Crippen LogP contribution in [-0.2, 0) is 17.8 Å². The van der Waals surface area contributed by atoms with Crippen LogP contribution < -0.4 is 14.8 Å². The summed E-state index contributed by atoms with van der Waals surface area (Å²) >= 11 is 0. The summed E-state index contributed by atoms with van der Waals surface area (Å²) in [5.74, 6) is 1.82. The fourth-order valence-corrected chi connectivity index (χ4v) is 4.05. The summed E-state index contributed by atoms with van der Waals surface area (Å²) in [6, 6.07) is 7.37. The number of rotatable bonds is 8. The van der Waals surface area contributed by atoms with Crippen LogP contribution in [0.1, 0.15) is 11.5 Å². The van der Waals surface area contributed by atoms with Crippen molar-refractivity contribution < 1.29 is 34.6 Å². The van der Waals surface area contributed by atoms with Gasteiger partial charge in [0.2, 0.25) is 0 Å². The van der Waals surface area contributed by atoms with E-state index in [1.54, 1.807) is 38.0 Å². The number of hydrogen-bond donors (Lipinski definition) is 5. The second-order valence-electron chi connectivity index (χ2n) is 7.86. The molecule has 0 radical (unpaired) electrons. The summed E-state index contributed by atoms with van der Waals surface area (Å²) in [6.45, 7) is 2.29. The zero-order valence-corrected chi connectivity index (χ0v) is 18.5. The fourth-order valence-electron chi connectivity index (χ4n) is 4.05. The highest BCUT2D eigenvalue weighted by atomic mass is 16.6. The van der Waals surface area contributed by atoms with Gasteiger partial charge < -0.3 is 44.5 Å². The average molecular weight is 460 g/mol. The Bertz CT molecular complexity index is 1120. The minimum Gasteiger partial charge on any atom is -0.493 e. The Hall–Kier alpha value is -2.96. The molecule has 3 heterocycles. The van der Waals surface area contributed by atoms with Crippen molar-refractivity contribution >= 4 is 16.7 Å². The average Bonchev–Trinajstić information content (AvgIpc) is 3.26. The third kappa shape index (κ3) is 4.45. The highest BCUT2D eigenvalue weighted by Gasteiger charge is 2.45. The zero-order valence-electron chi connectivity index (χ0n) is 18.5. The van der Waals surface area contributed by atoms with Crippen LogP contribution in [0.5, 0.6) is 11.5 Å². The Morgan fingerprint density at radius 3 is 2.61 bits per heavy atom. The molecule has 2 aromatic heterocycles. The number of benzene rings is 1. The molecule has 5 atom stereocenters. The highest BCUT2D eigenvalue weighted by molar-refractivity contribution is 5.80. The first-order valence-corrected chi connectivity index (χ1v) is 10.5. The van der Waals surface area contributed by atoms with E-state index in [1.807, 2.05) is 18.2 Å². The molecule has 1 aliphatic rings. The number of aliphatic hydroxyl groups is 4. The quantitative estimate of drug-likeness (QED) is 0.315. The van der Waals surface area contributed by atoms with Crippen LogP contribution in [0.25, 0.3) is 11.0 Å². The lowest BCUT2D eigenvalue weighted by atomic mass is 10.1. The highest BCUT2D eigenvalue weighted by Crippen LogP contribution is 2.30. The summed E-state index contributed by atoms with van der Waals surface area (Å²) in [4.78, 5) is 8.93. The van der Waals surface area contributed by atoms with Crippen LogP contribution in [0.3, 0.4) is 0 Å². The number of aliphatic hydroxyl groups excluding tert-OH is 4. The summed E-state index contributed by atoms with van der Waals surface area (Å²) in [6.07, 6.45) is -5.00. The number of nitrogens with one attached hydrogen (secondary N) is 1. The first-order chi connectivity index (χ1) is 15.8. The maximum Gasteiger partial charge on any atom is 0.184 e. The minimum atomic E-state index is -1.54. The summed E-state index contributed by atoms with van der Waals surface area (Å²) in [5.41, 5.74) is 3.01. The number of pyridine rings is 1. The number of aryl methyl sites for hydroxylation is 1. The van der Waals surface area contributed by atoms with Gasteiger partial charge in [-0.2, -0.15) is 0 Å². The second kappa shape index (κ2) is 9.49. The van der Waals surface area contributed by atoms with E-state index in [0.717, 1.165) is 11.2 Å². The maximum absolute atomic E-state index is 10.6. The zero-order chi connectivity index (χ0) is 23.7. The summed E-state index contributed by atoms with van der Waals surface area (Å²) in [5, 5.41) is 43.2. The Morgan fingerprint density at radius 2 is 1.94 bits per heavy atom. The molecule has 0 bridgehead atoms. The van der Waals surface area contributed by atoms with Gasteiger partial charge in [0.25, 0.3) is 0 Å². The number of imidazole rings is 1. The molecule has 0 aliphatic carbocycles. The van der Waals surface area contributed by atoms with Crippen molar-refractivity contribution in [3.63, 3.8) is 0 Å². The number of aromatic nitrogens is 3. The van der Waals surface area contributed by atoms with Gasteiger partial charge in [-0.3, -0.25) is 4.98 Å². The van der Waals surface area contributed by atoms with E-state index in [4.69, 9.17) is 14.2 Å². The third-order valence-electron chi connectivity index (χ3n) is 5.79. The molecule has 1 fully saturated rings. The molecule has 11 nitrogen and oxygen atoms in total. The van der Waals surface area contributed by atoms with E-state index in [9.17, 15) is 20.4 Å². The Morgan fingerprint density at radius 1 is 1.15 bits per heavy atom. The molecule has 1 aromatic carbocycles. The number of anilines is 1. The van der Waals surface area contributed by atoms with Crippen LogP contribution in [0.2, 0.25) is 0 Å². The first-order valence-electron chi connectivity index (χ1n) is 10.5. The molecule has 178 valence electrons. The van der Waals surface area contributed by atoms with E-state index in [2.05, 4.69) is 15.3 Å². The van der Waals surface area contributed by atoms with Crippen molar-refractivity contribution in [1.82, 2.24) is 14.5 Å². The number of ether oxygens (including phenoxy) is 3. The van der Waals surface area contributed by atoms with Crippen molar-refractivity contribution in [1.29, 1.82) is 0 Å². The number of nitrogens with zero attached hydrogens (tertiary/aromatic N) is 3. The van der Waals surface area contributed by atoms with Crippen LogP contribution in [-0.4, -0.2) is 79.9 Å². The van der Waals surface area contributed by atoms with Gasteiger partial charge in [-0.15, -0.1) is 0 Å². The van der Waals surface area contributed by atoms with E-state index in [1.165, 1.54) is 0 Å². The smallest absolute Gasteiger partial charge is 0.184 e. The largest absolute Gasteiger partial charge is 0.493 e. The number of methoxy groups -OCH3 is 2. The van der Waals surface area contributed by atoms with Gasteiger partial charge in [0, 0.05) is 18.0 Å². The van der Waals surface area contributed by atoms with E-state index in [0.29, 0.717) is 35.1 Å². The molecule has 0 unspecified atom stereocenters. The molecule has 0 spiro atoms. The van der Waals surface area contributed by atoms with Crippen molar-refractivity contribution in [2.45, 2.75) is 50.7 Å². The van der Waals surface area contributed by atoms with Gasteiger partial charge in [0.15, 0.2) is 17.8 Å². The third-order valence-corrected chi connectivity index (χ3v) is 5.79. The molecule has 1 aliphatic heterocycles. The maximum atomic E-state index is 10.6. The first kappa shape index (κ1) is 23.2. The molecule has 33 heavy (non-hydrogen) atoms. The van der Waals surface area contributed by atoms with Crippen molar-refractivity contribution in [3.05, 3.63) is 42.0 Å². The minimum absolute atomic E-state index is 0.0706. The van der Waals surface area contributed by atoms with E-state index in [-0.39, 0.29) is 6.54 Å². The van der Waals surface area contributed by atoms with E-state index < -0.39 is 30.7 Å². The SMILES string of the molecule is COc1ccnc(CNc2ccc3c(c2)nc(C)n3C[C@@H](O)[C@H]2O[C@H](O)[C@@H](O)[C@H]2O)c1OC. The summed E-state index contributed by atoms with van der Waals surface area (Å²) in [7, 11) is 3.14. The normalized spacial score (nSPS) is 23.6. The molecule has 4 rings (SSSR count). The predicted octanol–water partition coefficient (Wildman–Crippen LogP) is 0.169. The number of hydrogen-bond acceptors (Lipinski definition) is 10. The van der Waals surface area contributed by atoms with Crippen LogP contribution in [0.15, 0.2) is 30.5 Å². The molecule has 0 saturated carbocycles. The van der Waals surface area contributed by atoms with E-state index >= 15 is 0 Å². The monoisotopic (exact) mass is 460 g/mol. The molecular formula is C22H28N4O7. The van der Waals surface area contributed by atoms with Gasteiger partial charge in [-0.1, -0.05) is 0 Å². The van der Waals surface area contributed by atoms with Crippen LogP contribution in [0.4, 0.5) is 5.69 Å². The molecule has 3 aromatic rings. The van der Waals surface area contributed by atoms with Crippen LogP contribution in [0, 0.1) is 6.92 Å². The summed E-state index contributed by atoms with van der Waals surface area (Å²) < 4.78 is 17.6. The molecule has 0 amide bonds. The Kier molecular flexibility index (Phi) is 6.68. The molecule has 5 N–H and O–H groups in total. The predicted molar refractivity (Wildman–Crippen MR) is 118 cm³/mol. The van der Waals surface area contributed by atoms with Crippen molar-refractivity contribution in [2.75, 3.05) is 19.5 Å². The standard InChI is InChI=1S/C22H28N4O7/c1-11-25-13-8-12(24-9-14-20(32-3)17(31-2)6-7-23-14)4-5-15(13)26(11)10-16(27)21-18(28)19(29)22(30)33-21/h4-8,16,18-19,21-22,24,27-30H,9-10H2,1-3H3/t16-,18-,19+,21-,22+/m1/s1. The second-order valence-corrected chi connectivity index (χ2v) is 7.86. The topological polar surface area (TPSA) is 151 Å². The Balaban J connectivity index is 1.50. The van der Waals surface area contributed by atoms with Gasteiger partial charge >= 0.3 is 0 Å². The van der Waals surface area contributed by atoms with Gasteiger partial charge in [-0.25, -0.2) is 4.98 Å². The number of fused-ring (bicyclic) bond motifs is 1. The molecular weight excluding hydrogens is 432 g/mol. The van der Waals surface area contributed by atoms with Crippen LogP contribution >= 0.6 is 0 Å². The lowest BCUT2D eigenvalue weighted by molar-refractivity contribution is -0.147.